The maximum Gasteiger partial charge on any atom is 0.248 e. The van der Waals surface area contributed by atoms with Gasteiger partial charge in [0.05, 0.1) is 0 Å². The molecule has 0 heterocycles. The summed E-state index contributed by atoms with van der Waals surface area (Å²) in [4.78, 5) is 11.7. The Labute approximate surface area is 111 Å². The summed E-state index contributed by atoms with van der Waals surface area (Å²) in [6.07, 6.45) is 2.79. The first-order chi connectivity index (χ1) is 9.16. The van der Waals surface area contributed by atoms with E-state index >= 15 is 0 Å². The molecule has 0 fully saturated rings. The molecule has 0 aromatic heterocycles. The van der Waals surface area contributed by atoms with Gasteiger partial charge in [-0.15, -0.1) is 0 Å². The molecule has 2 aromatic carbocycles. The third-order valence-electron chi connectivity index (χ3n) is 2.72. The lowest BCUT2D eigenvalue weighted by Crippen LogP contribution is -2.08. The average molecular weight is 255 g/mol. The molecule has 2 rings (SSSR count). The Balaban J connectivity index is 2.06. The van der Waals surface area contributed by atoms with Crippen LogP contribution >= 0.6 is 0 Å². The van der Waals surface area contributed by atoms with Crippen molar-refractivity contribution in [3.05, 3.63) is 71.6 Å². The number of carbonyl (C=O) groups excluding carboxylic acids is 1. The monoisotopic (exact) mass is 255 g/mol. The van der Waals surface area contributed by atoms with E-state index in [-0.39, 0.29) is 11.7 Å². The molecule has 0 atom stereocenters. The summed E-state index contributed by atoms with van der Waals surface area (Å²) in [5, 5.41) is 2.75. The fraction of sp³-hybridized carbons (Fsp3) is 0.0625. The Kier molecular flexibility index (Phi) is 4.08. The molecule has 0 aliphatic rings. The second-order valence-corrected chi connectivity index (χ2v) is 4.16. The number of benzene rings is 2. The smallest absolute Gasteiger partial charge is 0.248 e. The summed E-state index contributed by atoms with van der Waals surface area (Å²) in [7, 11) is 0. The van der Waals surface area contributed by atoms with E-state index in [1.807, 2.05) is 31.2 Å². The molecule has 1 N–H and O–H groups in total. The molecule has 0 unspecified atom stereocenters. The van der Waals surface area contributed by atoms with Crippen molar-refractivity contribution < 1.29 is 9.18 Å². The Morgan fingerprint density at radius 1 is 1.11 bits per heavy atom. The number of nitrogens with one attached hydrogen (secondary N) is 1. The molecule has 0 saturated heterocycles. The molecule has 0 aliphatic heterocycles. The molecule has 0 aliphatic carbocycles. The quantitative estimate of drug-likeness (QED) is 0.831. The number of hydrogen-bond acceptors (Lipinski definition) is 1. The summed E-state index contributed by atoms with van der Waals surface area (Å²) >= 11 is 0. The largest absolute Gasteiger partial charge is 0.322 e. The summed E-state index contributed by atoms with van der Waals surface area (Å²) in [6.45, 7) is 1.91. The number of rotatable bonds is 3. The third kappa shape index (κ3) is 3.52. The van der Waals surface area contributed by atoms with Crippen LogP contribution in [-0.2, 0) is 4.79 Å². The molecule has 2 aromatic rings. The Morgan fingerprint density at radius 3 is 2.53 bits per heavy atom. The van der Waals surface area contributed by atoms with Crippen molar-refractivity contribution in [3.8, 4) is 0 Å². The predicted molar refractivity (Wildman–Crippen MR) is 75.2 cm³/mol. The van der Waals surface area contributed by atoms with Gasteiger partial charge in [0.2, 0.25) is 5.91 Å². The first-order valence-electron chi connectivity index (χ1n) is 5.96. The van der Waals surface area contributed by atoms with E-state index in [0.29, 0.717) is 5.56 Å². The Hall–Kier alpha value is -2.42. The van der Waals surface area contributed by atoms with Crippen molar-refractivity contribution in [2.24, 2.45) is 0 Å². The topological polar surface area (TPSA) is 29.1 Å². The van der Waals surface area contributed by atoms with Gasteiger partial charge < -0.3 is 5.32 Å². The van der Waals surface area contributed by atoms with Crippen LogP contribution in [0.4, 0.5) is 10.1 Å². The van der Waals surface area contributed by atoms with Gasteiger partial charge in [-0.25, -0.2) is 4.39 Å². The average Bonchev–Trinajstić information content (AvgIpc) is 2.40. The molecule has 0 bridgehead atoms. The number of halogens is 1. The molecule has 19 heavy (non-hydrogen) atoms. The number of carbonyl (C=O) groups is 1. The van der Waals surface area contributed by atoms with Crippen molar-refractivity contribution in [1.82, 2.24) is 0 Å². The molecular weight excluding hydrogens is 241 g/mol. The van der Waals surface area contributed by atoms with Crippen LogP contribution in [-0.4, -0.2) is 5.91 Å². The Bertz CT molecular complexity index is 620. The number of para-hydroxylation sites is 1. The van der Waals surface area contributed by atoms with Gasteiger partial charge in [-0.1, -0.05) is 36.4 Å². The van der Waals surface area contributed by atoms with Gasteiger partial charge in [-0.05, 0) is 30.7 Å². The normalized spacial score (nSPS) is 10.6. The maximum atomic E-state index is 13.3. The van der Waals surface area contributed by atoms with E-state index in [9.17, 15) is 9.18 Å². The fourth-order valence-corrected chi connectivity index (χ4v) is 1.66. The minimum Gasteiger partial charge on any atom is -0.322 e. The maximum absolute atomic E-state index is 13.3. The molecule has 0 saturated carbocycles. The van der Waals surface area contributed by atoms with Gasteiger partial charge in [-0.3, -0.25) is 4.79 Å². The lowest BCUT2D eigenvalue weighted by molar-refractivity contribution is -0.111. The van der Waals surface area contributed by atoms with Crippen LogP contribution in [0.3, 0.4) is 0 Å². The standard InChI is InChI=1S/C16H14FNO/c1-12-6-2-5-9-15(12)18-16(19)11-10-13-7-3-4-8-14(13)17/h2-11H,1H3,(H,18,19)/b11-10+. The number of aryl methyl sites for hydroxylation is 1. The first-order valence-corrected chi connectivity index (χ1v) is 5.96. The zero-order valence-electron chi connectivity index (χ0n) is 10.6. The van der Waals surface area contributed by atoms with E-state index in [0.717, 1.165) is 11.3 Å². The molecule has 2 nitrogen and oxygen atoms in total. The molecule has 1 amide bonds. The van der Waals surface area contributed by atoms with Crippen molar-refractivity contribution >= 4 is 17.7 Å². The number of hydrogen-bond donors (Lipinski definition) is 1. The third-order valence-corrected chi connectivity index (χ3v) is 2.72. The molecule has 3 heteroatoms. The summed E-state index contributed by atoms with van der Waals surface area (Å²) in [5.74, 6) is -0.625. The van der Waals surface area contributed by atoms with E-state index in [1.54, 1.807) is 18.2 Å². The van der Waals surface area contributed by atoms with Crippen LogP contribution < -0.4 is 5.32 Å². The highest BCUT2D eigenvalue weighted by Crippen LogP contribution is 2.13. The second kappa shape index (κ2) is 5.96. The van der Waals surface area contributed by atoms with Gasteiger partial charge in [0.15, 0.2) is 0 Å². The lowest BCUT2D eigenvalue weighted by atomic mass is 10.2. The van der Waals surface area contributed by atoms with Crippen LogP contribution in [0.1, 0.15) is 11.1 Å². The van der Waals surface area contributed by atoms with Crippen LogP contribution in [0.5, 0.6) is 0 Å². The number of amides is 1. The highest BCUT2D eigenvalue weighted by molar-refractivity contribution is 6.02. The molecule has 96 valence electrons. The fourth-order valence-electron chi connectivity index (χ4n) is 1.66. The van der Waals surface area contributed by atoms with Crippen molar-refractivity contribution in [2.45, 2.75) is 6.92 Å². The first kappa shape index (κ1) is 13.0. The van der Waals surface area contributed by atoms with E-state index in [4.69, 9.17) is 0 Å². The summed E-state index contributed by atoms with van der Waals surface area (Å²) in [6, 6.07) is 13.8. The molecular formula is C16H14FNO. The minimum absolute atomic E-state index is 0.280. The van der Waals surface area contributed by atoms with E-state index in [2.05, 4.69) is 5.32 Å². The molecule has 0 radical (unpaired) electrons. The Morgan fingerprint density at radius 2 is 1.79 bits per heavy atom. The van der Waals surface area contributed by atoms with Gasteiger partial charge in [0, 0.05) is 17.3 Å². The minimum atomic E-state index is -0.345. The van der Waals surface area contributed by atoms with Crippen LogP contribution in [0.2, 0.25) is 0 Å². The van der Waals surface area contributed by atoms with E-state index in [1.165, 1.54) is 18.2 Å². The predicted octanol–water partition coefficient (Wildman–Crippen LogP) is 3.79. The zero-order valence-corrected chi connectivity index (χ0v) is 10.6. The highest BCUT2D eigenvalue weighted by Gasteiger charge is 2.01. The van der Waals surface area contributed by atoms with Gasteiger partial charge in [0.25, 0.3) is 0 Å². The van der Waals surface area contributed by atoms with Gasteiger partial charge >= 0.3 is 0 Å². The van der Waals surface area contributed by atoms with Crippen LogP contribution in [0.25, 0.3) is 6.08 Å². The molecule has 0 spiro atoms. The zero-order chi connectivity index (χ0) is 13.7. The number of anilines is 1. The van der Waals surface area contributed by atoms with Gasteiger partial charge in [-0.2, -0.15) is 0 Å². The highest BCUT2D eigenvalue weighted by atomic mass is 19.1. The second-order valence-electron chi connectivity index (χ2n) is 4.16. The van der Waals surface area contributed by atoms with E-state index < -0.39 is 0 Å². The van der Waals surface area contributed by atoms with Crippen molar-refractivity contribution in [1.29, 1.82) is 0 Å². The summed E-state index contributed by atoms with van der Waals surface area (Å²) < 4.78 is 13.3. The van der Waals surface area contributed by atoms with Crippen LogP contribution in [0.15, 0.2) is 54.6 Å². The van der Waals surface area contributed by atoms with Gasteiger partial charge in [0.1, 0.15) is 5.82 Å². The SMILES string of the molecule is Cc1ccccc1NC(=O)/C=C/c1ccccc1F. The summed E-state index contributed by atoms with van der Waals surface area (Å²) in [5.41, 5.74) is 2.13. The van der Waals surface area contributed by atoms with Crippen molar-refractivity contribution in [2.75, 3.05) is 5.32 Å². The van der Waals surface area contributed by atoms with Crippen molar-refractivity contribution in [3.63, 3.8) is 0 Å². The van der Waals surface area contributed by atoms with Crippen LogP contribution in [0, 0.1) is 12.7 Å². The lowest BCUT2D eigenvalue weighted by Gasteiger charge is -2.05.